The van der Waals surface area contributed by atoms with E-state index >= 15 is 0 Å². The highest BCUT2D eigenvalue weighted by Crippen LogP contribution is 2.26. The first-order valence-electron chi connectivity index (χ1n) is 6.05. The van der Waals surface area contributed by atoms with Gasteiger partial charge in [-0.15, -0.1) is 0 Å². The lowest BCUT2D eigenvalue weighted by Crippen LogP contribution is -2.49. The zero-order valence-corrected chi connectivity index (χ0v) is 14.9. The molecule has 1 N–H and O–H groups in total. The van der Waals surface area contributed by atoms with Crippen molar-refractivity contribution >= 4 is 16.8 Å². The second-order valence-electron chi connectivity index (χ2n) is 6.46. The summed E-state index contributed by atoms with van der Waals surface area (Å²) in [6, 6.07) is 0. The zero-order chi connectivity index (χ0) is 13.9. The molecule has 0 radical (unpaired) electrons. The average Bonchev–Trinajstić information content (AvgIpc) is 2.15. The first-order valence-corrected chi connectivity index (χ1v) is 11.9. The minimum atomic E-state index is -1.81. The minimum Gasteiger partial charge on any atom is -0.417 e. The molecule has 0 unspecified atom stereocenters. The van der Waals surface area contributed by atoms with Gasteiger partial charge in [0, 0.05) is 25.3 Å². The van der Waals surface area contributed by atoms with Crippen LogP contribution in [0.5, 0.6) is 0 Å². The Morgan fingerprint density at radius 2 is 1.47 bits per heavy atom. The monoisotopic (exact) mass is 275 g/mol. The Morgan fingerprint density at radius 3 is 1.76 bits per heavy atom. The van der Waals surface area contributed by atoms with Crippen LogP contribution in [0.15, 0.2) is 11.4 Å². The molecule has 0 rings (SSSR count). The van der Waals surface area contributed by atoms with E-state index in [4.69, 9.17) is 8.85 Å². The highest BCUT2D eigenvalue weighted by molar-refractivity contribution is 6.76. The molecule has 0 aliphatic carbocycles. The number of rotatable bonds is 5. The third-order valence-corrected chi connectivity index (χ3v) is 6.70. The Hall–Kier alpha value is -0.106. The van der Waals surface area contributed by atoms with Gasteiger partial charge < -0.3 is 13.8 Å². The molecule has 0 aromatic heterocycles. The van der Waals surface area contributed by atoms with Crippen molar-refractivity contribution in [2.24, 2.45) is 5.41 Å². The van der Waals surface area contributed by atoms with Gasteiger partial charge in [-0.3, -0.25) is 0 Å². The molecule has 0 heterocycles. The standard InChI is InChI=1S/C12H29NO2Si2/c1-12(2,3)11(10-16(6,7)14-4)13-17(8,9)15-5/h10,13H,1-9H3/b11-10-. The maximum atomic E-state index is 5.61. The molecule has 0 aliphatic rings. The predicted molar refractivity (Wildman–Crippen MR) is 79.7 cm³/mol. The molecule has 3 nitrogen and oxygen atoms in total. The van der Waals surface area contributed by atoms with E-state index in [1.807, 2.05) is 0 Å². The van der Waals surface area contributed by atoms with E-state index in [9.17, 15) is 0 Å². The Morgan fingerprint density at radius 1 is 1.00 bits per heavy atom. The van der Waals surface area contributed by atoms with Crippen LogP contribution in [0, 0.1) is 5.41 Å². The number of allylic oxidation sites excluding steroid dienone is 1. The quantitative estimate of drug-likeness (QED) is 0.781. The average molecular weight is 276 g/mol. The smallest absolute Gasteiger partial charge is 0.291 e. The third-order valence-electron chi connectivity index (χ3n) is 2.77. The highest BCUT2D eigenvalue weighted by Gasteiger charge is 2.30. The molecule has 0 aliphatic heterocycles. The summed E-state index contributed by atoms with van der Waals surface area (Å²) in [5.74, 6) is 0. The van der Waals surface area contributed by atoms with Gasteiger partial charge in [-0.1, -0.05) is 26.5 Å². The molecular weight excluding hydrogens is 246 g/mol. The minimum absolute atomic E-state index is 0.0889. The van der Waals surface area contributed by atoms with Gasteiger partial charge in [0.25, 0.3) is 8.48 Å². The molecule has 0 fully saturated rings. The van der Waals surface area contributed by atoms with Gasteiger partial charge in [0.15, 0.2) is 0 Å². The number of nitrogens with one attached hydrogen (secondary N) is 1. The fraction of sp³-hybridized carbons (Fsp3) is 0.833. The Bertz CT molecular complexity index is 281. The lowest BCUT2D eigenvalue weighted by atomic mass is 9.94. The molecule has 102 valence electrons. The molecule has 0 amide bonds. The number of hydrogen-bond donors (Lipinski definition) is 1. The van der Waals surface area contributed by atoms with Crippen LogP contribution in [0.25, 0.3) is 0 Å². The highest BCUT2D eigenvalue weighted by atomic mass is 28.4. The summed E-state index contributed by atoms with van der Waals surface area (Å²) in [5, 5.41) is 0. The van der Waals surface area contributed by atoms with Crippen LogP contribution in [0.1, 0.15) is 20.8 Å². The van der Waals surface area contributed by atoms with Gasteiger partial charge >= 0.3 is 0 Å². The van der Waals surface area contributed by atoms with Crippen LogP contribution in [0.3, 0.4) is 0 Å². The molecule has 0 saturated heterocycles. The SMILES string of the molecule is CO[Si](C)(C)/C=C(\N[Si](C)(C)OC)C(C)(C)C. The van der Waals surface area contributed by atoms with E-state index in [1.54, 1.807) is 14.2 Å². The lowest BCUT2D eigenvalue weighted by Gasteiger charge is -2.33. The van der Waals surface area contributed by atoms with Crippen molar-refractivity contribution in [1.82, 2.24) is 4.98 Å². The van der Waals surface area contributed by atoms with Crippen LogP contribution < -0.4 is 4.98 Å². The van der Waals surface area contributed by atoms with Gasteiger partial charge in [-0.2, -0.15) is 0 Å². The van der Waals surface area contributed by atoms with E-state index in [0.717, 1.165) is 0 Å². The second-order valence-corrected chi connectivity index (χ2v) is 14.0. The van der Waals surface area contributed by atoms with Crippen LogP contribution in [0.4, 0.5) is 0 Å². The van der Waals surface area contributed by atoms with Crippen molar-refractivity contribution in [3.63, 3.8) is 0 Å². The maximum Gasteiger partial charge on any atom is 0.291 e. The predicted octanol–water partition coefficient (Wildman–Crippen LogP) is 3.24. The van der Waals surface area contributed by atoms with Crippen LogP contribution in [0.2, 0.25) is 26.2 Å². The normalized spacial score (nSPS) is 15.0. The molecule has 0 bridgehead atoms. The van der Waals surface area contributed by atoms with E-state index < -0.39 is 16.8 Å². The fourth-order valence-corrected chi connectivity index (χ4v) is 3.88. The van der Waals surface area contributed by atoms with Crippen LogP contribution >= 0.6 is 0 Å². The van der Waals surface area contributed by atoms with Gasteiger partial charge in [-0.25, -0.2) is 0 Å². The summed E-state index contributed by atoms with van der Waals surface area (Å²) in [6.07, 6.45) is 0. The largest absolute Gasteiger partial charge is 0.417 e. The van der Waals surface area contributed by atoms with Gasteiger partial charge in [-0.05, 0) is 26.2 Å². The summed E-state index contributed by atoms with van der Waals surface area (Å²) in [4.78, 5) is 3.61. The summed E-state index contributed by atoms with van der Waals surface area (Å²) >= 11 is 0. The van der Waals surface area contributed by atoms with Crippen molar-refractivity contribution < 1.29 is 8.85 Å². The summed E-state index contributed by atoms with van der Waals surface area (Å²) < 4.78 is 11.2. The van der Waals surface area contributed by atoms with Crippen molar-refractivity contribution in [2.45, 2.75) is 47.0 Å². The lowest BCUT2D eigenvalue weighted by molar-refractivity contribution is 0.382. The van der Waals surface area contributed by atoms with Gasteiger partial charge in [0.1, 0.15) is 0 Å². The molecule has 0 saturated carbocycles. The molecular formula is C12H29NO2Si2. The molecule has 0 aromatic carbocycles. The first-order chi connectivity index (χ1) is 7.43. The van der Waals surface area contributed by atoms with Crippen molar-refractivity contribution in [2.75, 3.05) is 14.2 Å². The van der Waals surface area contributed by atoms with E-state index in [0.29, 0.717) is 0 Å². The Balaban J connectivity index is 5.19. The fourth-order valence-electron chi connectivity index (χ4n) is 1.22. The van der Waals surface area contributed by atoms with Crippen molar-refractivity contribution in [1.29, 1.82) is 0 Å². The summed E-state index contributed by atoms with van der Waals surface area (Å²) in [5.41, 5.74) is 3.63. The first kappa shape index (κ1) is 16.9. The maximum absolute atomic E-state index is 5.61. The summed E-state index contributed by atoms with van der Waals surface area (Å²) in [6.45, 7) is 15.4. The molecule has 0 spiro atoms. The Labute approximate surface area is 109 Å². The van der Waals surface area contributed by atoms with E-state index in [2.05, 4.69) is 57.6 Å². The van der Waals surface area contributed by atoms with Crippen LogP contribution in [-0.4, -0.2) is 31.0 Å². The molecule has 0 atom stereocenters. The molecule has 17 heavy (non-hydrogen) atoms. The third kappa shape index (κ3) is 6.40. The second kappa shape index (κ2) is 5.69. The van der Waals surface area contributed by atoms with Crippen LogP contribution in [-0.2, 0) is 8.85 Å². The zero-order valence-electron chi connectivity index (χ0n) is 12.9. The molecule has 0 aromatic rings. The van der Waals surface area contributed by atoms with E-state index in [1.165, 1.54) is 5.70 Å². The van der Waals surface area contributed by atoms with Crippen molar-refractivity contribution in [3.8, 4) is 0 Å². The Kier molecular flexibility index (Phi) is 5.65. The van der Waals surface area contributed by atoms with E-state index in [-0.39, 0.29) is 5.41 Å². The number of hydrogen-bond acceptors (Lipinski definition) is 3. The summed E-state index contributed by atoms with van der Waals surface area (Å²) in [7, 11) is 0.0349. The van der Waals surface area contributed by atoms with Gasteiger partial charge in [0.05, 0.1) is 0 Å². The molecule has 5 heteroatoms. The topological polar surface area (TPSA) is 30.5 Å². The van der Waals surface area contributed by atoms with Crippen molar-refractivity contribution in [3.05, 3.63) is 11.4 Å². The van der Waals surface area contributed by atoms with Gasteiger partial charge in [0.2, 0.25) is 8.32 Å².